The Hall–Kier alpha value is -1.29. The zero-order valence-corrected chi connectivity index (χ0v) is 15.0. The minimum absolute atomic E-state index is 0.676. The third-order valence-electron chi connectivity index (χ3n) is 8.01. The topological polar surface area (TPSA) is 40.2 Å². The first kappa shape index (κ1) is 14.8. The third kappa shape index (κ3) is 2.48. The molecule has 2 atom stereocenters. The average molecular weight is 338 g/mol. The number of pyridine rings is 1. The first-order valence-electron chi connectivity index (χ1n) is 10.5. The van der Waals surface area contributed by atoms with Gasteiger partial charge in [0.15, 0.2) is 0 Å². The molecular formula is C21H30N4. The molecule has 0 spiro atoms. The zero-order chi connectivity index (χ0) is 16.4. The van der Waals surface area contributed by atoms with Crippen LogP contribution in [0, 0.1) is 29.6 Å². The van der Waals surface area contributed by atoms with Gasteiger partial charge >= 0.3 is 0 Å². The van der Waals surface area contributed by atoms with Gasteiger partial charge in [0, 0.05) is 43.1 Å². The van der Waals surface area contributed by atoms with Crippen molar-refractivity contribution in [1.29, 1.82) is 0 Å². The Labute approximate surface area is 150 Å². The number of anilines is 2. The molecule has 0 aromatic carbocycles. The summed E-state index contributed by atoms with van der Waals surface area (Å²) in [6.07, 6.45) is 10.7. The summed E-state index contributed by atoms with van der Waals surface area (Å²) in [5.74, 6) is 5.83. The molecular weight excluding hydrogens is 308 g/mol. The molecule has 6 aliphatic rings. The molecule has 25 heavy (non-hydrogen) atoms. The summed E-state index contributed by atoms with van der Waals surface area (Å²) in [6.45, 7) is 3.57. The van der Waals surface area contributed by atoms with E-state index in [-0.39, 0.29) is 0 Å². The maximum absolute atomic E-state index is 4.68. The highest BCUT2D eigenvalue weighted by atomic mass is 15.2. The molecule has 4 nitrogen and oxygen atoms in total. The van der Waals surface area contributed by atoms with Crippen LogP contribution in [0.5, 0.6) is 0 Å². The van der Waals surface area contributed by atoms with Gasteiger partial charge in [0.25, 0.3) is 0 Å². The quantitative estimate of drug-likeness (QED) is 0.888. The molecule has 0 unspecified atom stereocenters. The van der Waals surface area contributed by atoms with Crippen LogP contribution in [0.4, 0.5) is 11.5 Å². The lowest BCUT2D eigenvalue weighted by molar-refractivity contribution is 0.00742. The molecule has 134 valence electrons. The first-order chi connectivity index (χ1) is 12.3. The van der Waals surface area contributed by atoms with E-state index in [0.29, 0.717) is 12.1 Å². The summed E-state index contributed by atoms with van der Waals surface area (Å²) in [7, 11) is 0. The number of fused-ring (bicyclic) bond motifs is 1. The Morgan fingerprint density at radius 3 is 2.56 bits per heavy atom. The van der Waals surface area contributed by atoms with Crippen molar-refractivity contribution in [2.75, 3.05) is 29.9 Å². The molecule has 3 heterocycles. The highest BCUT2D eigenvalue weighted by molar-refractivity contribution is 5.55. The summed E-state index contributed by atoms with van der Waals surface area (Å²) in [5.41, 5.74) is 1.36. The predicted molar refractivity (Wildman–Crippen MR) is 101 cm³/mol. The highest BCUT2D eigenvalue weighted by Gasteiger charge is 2.48. The van der Waals surface area contributed by atoms with Gasteiger partial charge in [-0.2, -0.15) is 0 Å². The predicted octanol–water partition coefficient (Wildman–Crippen LogP) is 3.12. The summed E-state index contributed by atoms with van der Waals surface area (Å²) >= 11 is 0. The monoisotopic (exact) mass is 338 g/mol. The van der Waals surface area contributed by atoms with Gasteiger partial charge in [-0.1, -0.05) is 0 Å². The van der Waals surface area contributed by atoms with Crippen molar-refractivity contribution >= 4 is 11.5 Å². The van der Waals surface area contributed by atoms with Crippen molar-refractivity contribution in [1.82, 2.24) is 10.3 Å². The van der Waals surface area contributed by atoms with Crippen LogP contribution in [-0.2, 0) is 0 Å². The molecule has 2 saturated heterocycles. The SMILES string of the molecule is c1cc(N2C[C@H]3CCN[C@H]3C2)cc(NC2C3CC4CC(C3)CC2C4)n1. The van der Waals surface area contributed by atoms with Crippen molar-refractivity contribution in [3.8, 4) is 0 Å². The summed E-state index contributed by atoms with van der Waals surface area (Å²) in [4.78, 5) is 7.24. The van der Waals surface area contributed by atoms with E-state index < -0.39 is 0 Å². The normalized spacial score (nSPS) is 44.3. The Bertz CT molecular complexity index is 619. The Balaban J connectivity index is 1.19. The average Bonchev–Trinajstić information content (AvgIpc) is 3.20. The summed E-state index contributed by atoms with van der Waals surface area (Å²) in [5, 5.41) is 7.55. The first-order valence-corrected chi connectivity index (χ1v) is 10.5. The maximum atomic E-state index is 4.68. The molecule has 1 aromatic heterocycles. The van der Waals surface area contributed by atoms with E-state index in [2.05, 4.69) is 32.7 Å². The summed E-state index contributed by atoms with van der Waals surface area (Å²) < 4.78 is 0. The minimum atomic E-state index is 0.676. The van der Waals surface area contributed by atoms with E-state index in [4.69, 9.17) is 0 Å². The molecule has 7 rings (SSSR count). The molecule has 2 N–H and O–H groups in total. The number of nitrogens with zero attached hydrogens (tertiary/aromatic N) is 2. The van der Waals surface area contributed by atoms with E-state index in [0.717, 1.165) is 42.0 Å². The molecule has 4 heteroatoms. The number of nitrogens with one attached hydrogen (secondary N) is 2. The smallest absolute Gasteiger partial charge is 0.128 e. The van der Waals surface area contributed by atoms with Gasteiger partial charge in [0.05, 0.1) is 0 Å². The number of hydrogen-bond acceptors (Lipinski definition) is 4. The second-order valence-electron chi connectivity index (χ2n) is 9.51. The zero-order valence-electron chi connectivity index (χ0n) is 15.0. The molecule has 4 bridgehead atoms. The fourth-order valence-electron chi connectivity index (χ4n) is 7.09. The molecule has 1 aromatic rings. The van der Waals surface area contributed by atoms with Crippen LogP contribution in [0.25, 0.3) is 0 Å². The van der Waals surface area contributed by atoms with Crippen LogP contribution in [-0.4, -0.2) is 36.7 Å². The lowest BCUT2D eigenvalue weighted by Gasteiger charge is -2.54. The number of hydrogen-bond donors (Lipinski definition) is 2. The van der Waals surface area contributed by atoms with Gasteiger partial charge < -0.3 is 15.5 Å². The van der Waals surface area contributed by atoms with Crippen molar-refractivity contribution < 1.29 is 0 Å². The standard InChI is InChI=1S/C21H30N4/c1-3-22-19-12-25(11-15(1)19)18-2-4-23-20(10-18)24-21-16-6-13-5-14(8-16)9-17(21)7-13/h2,4,10,13-17,19,21-22H,1,3,5-9,11-12H2,(H,23,24)/t13?,14?,15-,16?,17?,19+,21?/m1/s1. The van der Waals surface area contributed by atoms with E-state index in [1.54, 1.807) is 0 Å². The van der Waals surface area contributed by atoms with Crippen LogP contribution < -0.4 is 15.5 Å². The van der Waals surface area contributed by atoms with Gasteiger partial charge in [0.1, 0.15) is 5.82 Å². The minimum Gasteiger partial charge on any atom is -0.369 e. The maximum Gasteiger partial charge on any atom is 0.128 e. The van der Waals surface area contributed by atoms with Gasteiger partial charge in [0.2, 0.25) is 0 Å². The van der Waals surface area contributed by atoms with Crippen LogP contribution in [0.3, 0.4) is 0 Å². The van der Waals surface area contributed by atoms with Gasteiger partial charge in [-0.05, 0) is 80.7 Å². The lowest BCUT2D eigenvalue weighted by Crippen LogP contribution is -2.51. The molecule has 6 fully saturated rings. The lowest BCUT2D eigenvalue weighted by atomic mass is 9.54. The Morgan fingerprint density at radius 1 is 1.00 bits per heavy atom. The third-order valence-corrected chi connectivity index (χ3v) is 8.01. The summed E-state index contributed by atoms with van der Waals surface area (Å²) in [6, 6.07) is 5.89. The molecule has 4 aliphatic carbocycles. The van der Waals surface area contributed by atoms with Crippen LogP contribution in [0.1, 0.15) is 38.5 Å². The van der Waals surface area contributed by atoms with Crippen LogP contribution >= 0.6 is 0 Å². The Morgan fingerprint density at radius 2 is 1.80 bits per heavy atom. The molecule has 0 radical (unpaired) electrons. The fourth-order valence-corrected chi connectivity index (χ4v) is 7.09. The molecule has 4 saturated carbocycles. The number of rotatable bonds is 3. The second kappa shape index (κ2) is 5.60. The highest BCUT2D eigenvalue weighted by Crippen LogP contribution is 2.54. The van der Waals surface area contributed by atoms with E-state index in [1.807, 2.05) is 6.20 Å². The van der Waals surface area contributed by atoms with E-state index in [9.17, 15) is 0 Å². The van der Waals surface area contributed by atoms with Crippen molar-refractivity contribution in [2.45, 2.75) is 50.6 Å². The van der Waals surface area contributed by atoms with Gasteiger partial charge in [-0.25, -0.2) is 4.98 Å². The fraction of sp³-hybridized carbons (Fsp3) is 0.762. The van der Waals surface area contributed by atoms with Gasteiger partial charge in [-0.3, -0.25) is 0 Å². The van der Waals surface area contributed by atoms with Crippen LogP contribution in [0.2, 0.25) is 0 Å². The van der Waals surface area contributed by atoms with Gasteiger partial charge in [-0.15, -0.1) is 0 Å². The van der Waals surface area contributed by atoms with Crippen LogP contribution in [0.15, 0.2) is 18.3 Å². The van der Waals surface area contributed by atoms with Crippen molar-refractivity contribution in [3.63, 3.8) is 0 Å². The second-order valence-corrected chi connectivity index (χ2v) is 9.51. The van der Waals surface area contributed by atoms with E-state index >= 15 is 0 Å². The molecule has 0 amide bonds. The van der Waals surface area contributed by atoms with Crippen molar-refractivity contribution in [2.24, 2.45) is 29.6 Å². The number of aromatic nitrogens is 1. The van der Waals surface area contributed by atoms with E-state index in [1.165, 1.54) is 57.3 Å². The largest absolute Gasteiger partial charge is 0.369 e. The van der Waals surface area contributed by atoms with Crippen molar-refractivity contribution in [3.05, 3.63) is 18.3 Å². The Kier molecular flexibility index (Phi) is 3.32. The molecule has 2 aliphatic heterocycles.